The van der Waals surface area contributed by atoms with Gasteiger partial charge >= 0.3 is 24.1 Å². The maximum atomic E-state index is 13.4. The van der Waals surface area contributed by atoms with Crippen molar-refractivity contribution in [3.8, 4) is 34.2 Å². The fourth-order valence-corrected chi connectivity index (χ4v) is 4.34. The molecule has 2 atom stereocenters. The molecule has 2 aromatic heterocycles. The van der Waals surface area contributed by atoms with Crippen molar-refractivity contribution in [2.75, 3.05) is 6.54 Å². The molecule has 17 nitrogen and oxygen atoms in total. The number of ether oxygens (including phenoxy) is 4. The van der Waals surface area contributed by atoms with Gasteiger partial charge in [-0.05, 0) is 79.9 Å². The number of alkyl carbamates (subject to hydrolysis) is 2. The van der Waals surface area contributed by atoms with Crippen LogP contribution in [0.5, 0.6) is 11.5 Å². The summed E-state index contributed by atoms with van der Waals surface area (Å²) in [5, 5.41) is 15.5. The van der Waals surface area contributed by atoms with Gasteiger partial charge in [-0.25, -0.2) is 19.2 Å². The molecule has 0 fully saturated rings. The molecule has 0 aliphatic carbocycles. The quantitative estimate of drug-likeness (QED) is 0.171. The first kappa shape index (κ1) is 40.0. The number of aromatic nitrogens is 3. The van der Waals surface area contributed by atoms with Crippen LogP contribution in [0, 0.1) is 6.92 Å². The number of hydrogen-bond acceptors (Lipinski definition) is 14. The SMILES string of the molecule is CCNC(=O)c1noc(-c2cc(C(C)C)c(OC(=O)[C@H](C)NC(=O)OC(C)(C)C)cc2OC(=O)C(C)NC(=O)OC(C)(C)C)c1-c1noc(C)n1. The summed E-state index contributed by atoms with van der Waals surface area (Å²) in [6.45, 7) is 20.0. The predicted molar refractivity (Wildman–Crippen MR) is 181 cm³/mol. The van der Waals surface area contributed by atoms with Gasteiger partial charge in [-0.2, -0.15) is 4.98 Å². The van der Waals surface area contributed by atoms with Crippen LogP contribution in [0.1, 0.15) is 104 Å². The molecule has 0 radical (unpaired) electrons. The van der Waals surface area contributed by atoms with Crippen molar-refractivity contribution in [3.63, 3.8) is 0 Å². The van der Waals surface area contributed by atoms with E-state index in [1.54, 1.807) is 55.4 Å². The van der Waals surface area contributed by atoms with Crippen molar-refractivity contribution >= 4 is 30.0 Å². The molecule has 0 bridgehead atoms. The van der Waals surface area contributed by atoms with E-state index in [9.17, 15) is 24.0 Å². The van der Waals surface area contributed by atoms with Crippen LogP contribution in [0.4, 0.5) is 9.59 Å². The Morgan fingerprint density at radius 3 is 1.76 bits per heavy atom. The van der Waals surface area contributed by atoms with E-state index in [0.717, 1.165) is 0 Å². The third-order valence-corrected chi connectivity index (χ3v) is 6.57. The predicted octanol–water partition coefficient (Wildman–Crippen LogP) is 5.21. The van der Waals surface area contributed by atoms with Crippen LogP contribution < -0.4 is 25.4 Å². The zero-order valence-corrected chi connectivity index (χ0v) is 30.9. The molecule has 3 aromatic rings. The minimum absolute atomic E-state index is 0.0208. The van der Waals surface area contributed by atoms with Gasteiger partial charge in [0, 0.05) is 19.5 Å². The summed E-state index contributed by atoms with van der Waals surface area (Å²) < 4.78 is 32.9. The number of amides is 3. The molecule has 51 heavy (non-hydrogen) atoms. The number of benzene rings is 1. The van der Waals surface area contributed by atoms with Crippen LogP contribution in [0.2, 0.25) is 0 Å². The van der Waals surface area contributed by atoms with Gasteiger partial charge in [-0.15, -0.1) is 0 Å². The molecular formula is C34H46N6O11. The Labute approximate surface area is 295 Å². The molecule has 17 heteroatoms. The van der Waals surface area contributed by atoms with E-state index in [0.29, 0.717) is 5.56 Å². The number of aryl methyl sites for hydroxylation is 1. The van der Waals surface area contributed by atoms with Gasteiger partial charge in [-0.3, -0.25) is 4.79 Å². The number of nitrogens with one attached hydrogen (secondary N) is 3. The van der Waals surface area contributed by atoms with E-state index < -0.39 is 53.3 Å². The molecule has 2 heterocycles. The summed E-state index contributed by atoms with van der Waals surface area (Å²) in [5.41, 5.74) is -1.25. The number of nitrogens with zero attached hydrogens (tertiary/aromatic N) is 3. The van der Waals surface area contributed by atoms with Crippen molar-refractivity contribution < 1.29 is 52.0 Å². The van der Waals surface area contributed by atoms with E-state index in [2.05, 4.69) is 31.2 Å². The lowest BCUT2D eigenvalue weighted by Crippen LogP contribution is -2.43. The van der Waals surface area contributed by atoms with Gasteiger partial charge in [0.05, 0.1) is 5.56 Å². The minimum Gasteiger partial charge on any atom is -0.444 e. The van der Waals surface area contributed by atoms with Crippen LogP contribution in [0.3, 0.4) is 0 Å². The highest BCUT2D eigenvalue weighted by molar-refractivity contribution is 6.02. The highest BCUT2D eigenvalue weighted by atomic mass is 16.6. The Balaban J connectivity index is 2.17. The third-order valence-electron chi connectivity index (χ3n) is 6.57. The lowest BCUT2D eigenvalue weighted by molar-refractivity contribution is -0.136. The highest BCUT2D eigenvalue weighted by Crippen LogP contribution is 2.43. The number of carbonyl (C=O) groups excluding carboxylic acids is 5. The largest absolute Gasteiger partial charge is 0.444 e. The topological polar surface area (TPSA) is 223 Å². The van der Waals surface area contributed by atoms with Gasteiger partial charge in [0.25, 0.3) is 5.91 Å². The van der Waals surface area contributed by atoms with Crippen LogP contribution in [0.15, 0.2) is 21.2 Å². The van der Waals surface area contributed by atoms with Crippen LogP contribution in [-0.4, -0.2) is 75.2 Å². The number of carbonyl (C=O) groups is 5. The van der Waals surface area contributed by atoms with Crippen LogP contribution in [-0.2, 0) is 19.1 Å². The van der Waals surface area contributed by atoms with Gasteiger partial charge in [0.2, 0.25) is 11.7 Å². The molecule has 0 saturated heterocycles. The molecule has 1 aromatic carbocycles. The van der Waals surface area contributed by atoms with Gasteiger partial charge in [-0.1, -0.05) is 24.2 Å². The minimum atomic E-state index is -1.22. The van der Waals surface area contributed by atoms with E-state index in [1.807, 2.05) is 13.8 Å². The van der Waals surface area contributed by atoms with Crippen molar-refractivity contribution in [2.24, 2.45) is 0 Å². The smallest absolute Gasteiger partial charge is 0.408 e. The fourth-order valence-electron chi connectivity index (χ4n) is 4.34. The number of esters is 2. The average molecular weight is 715 g/mol. The van der Waals surface area contributed by atoms with Crippen LogP contribution >= 0.6 is 0 Å². The summed E-state index contributed by atoms with van der Waals surface area (Å²) in [6, 6.07) is 0.444. The molecule has 0 aliphatic rings. The normalized spacial score (nSPS) is 12.8. The van der Waals surface area contributed by atoms with Crippen molar-refractivity contribution in [2.45, 2.75) is 112 Å². The molecule has 1 unspecified atom stereocenters. The maximum Gasteiger partial charge on any atom is 0.408 e. The molecular weight excluding hydrogens is 668 g/mol. The Morgan fingerprint density at radius 2 is 1.31 bits per heavy atom. The lowest BCUT2D eigenvalue weighted by atomic mass is 9.96. The zero-order valence-electron chi connectivity index (χ0n) is 30.9. The van der Waals surface area contributed by atoms with E-state index in [1.165, 1.54) is 26.0 Å². The monoisotopic (exact) mass is 714 g/mol. The first-order chi connectivity index (χ1) is 23.6. The summed E-state index contributed by atoms with van der Waals surface area (Å²) in [4.78, 5) is 68.8. The maximum absolute atomic E-state index is 13.4. The van der Waals surface area contributed by atoms with Crippen molar-refractivity contribution in [1.29, 1.82) is 0 Å². The lowest BCUT2D eigenvalue weighted by Gasteiger charge is -2.23. The molecule has 3 amide bonds. The molecule has 278 valence electrons. The third kappa shape index (κ3) is 11.0. The summed E-state index contributed by atoms with van der Waals surface area (Å²) in [7, 11) is 0. The summed E-state index contributed by atoms with van der Waals surface area (Å²) in [6.07, 6.45) is -1.69. The first-order valence-corrected chi connectivity index (χ1v) is 16.3. The molecule has 3 rings (SSSR count). The Hall–Kier alpha value is -5.48. The second-order valence-corrected chi connectivity index (χ2v) is 13.9. The first-order valence-electron chi connectivity index (χ1n) is 16.3. The zero-order chi connectivity index (χ0) is 38.4. The van der Waals surface area contributed by atoms with Crippen molar-refractivity contribution in [1.82, 2.24) is 31.2 Å². The Kier molecular flexibility index (Phi) is 12.6. The van der Waals surface area contributed by atoms with Gasteiger partial charge < -0.3 is 43.9 Å². The molecule has 0 spiro atoms. The van der Waals surface area contributed by atoms with Gasteiger partial charge in [0.1, 0.15) is 40.3 Å². The Morgan fingerprint density at radius 1 is 0.784 bits per heavy atom. The van der Waals surface area contributed by atoms with E-state index in [-0.39, 0.29) is 58.3 Å². The molecule has 3 N–H and O–H groups in total. The van der Waals surface area contributed by atoms with E-state index in [4.69, 9.17) is 28.0 Å². The average Bonchev–Trinajstić information content (AvgIpc) is 3.61. The van der Waals surface area contributed by atoms with Crippen molar-refractivity contribution in [3.05, 3.63) is 29.3 Å². The standard InChI is InChI=1S/C34H46N6O11/c1-13-35-28(41)25-24(27-38-19(6)50-40-27)26(51-39-25)21-14-20(16(2)3)22(46-29(42)17(4)36-31(44)48-33(7,8)9)15-23(21)47-30(43)18(5)37-32(45)49-34(10,11)12/h14-18H,13H2,1-12H3,(H,35,41)(H,36,44)(H,37,45)/t17-,18?/m0/s1. The van der Waals surface area contributed by atoms with Crippen LogP contribution in [0.25, 0.3) is 22.7 Å². The molecule has 0 saturated carbocycles. The van der Waals surface area contributed by atoms with E-state index >= 15 is 0 Å². The molecule has 0 aliphatic heterocycles. The number of hydrogen-bond donors (Lipinski definition) is 3. The second kappa shape index (κ2) is 16.0. The number of rotatable bonds is 11. The summed E-state index contributed by atoms with van der Waals surface area (Å²) in [5.74, 6) is -2.85. The highest BCUT2D eigenvalue weighted by Gasteiger charge is 2.33. The second-order valence-electron chi connectivity index (χ2n) is 13.9. The van der Waals surface area contributed by atoms with Gasteiger partial charge in [0.15, 0.2) is 11.5 Å². The fraction of sp³-hybridized carbons (Fsp3) is 0.529. The Bertz CT molecular complexity index is 1760. The summed E-state index contributed by atoms with van der Waals surface area (Å²) >= 11 is 0.